The normalized spacial score (nSPS) is 10.1. The molecule has 0 amide bonds. The van der Waals surface area contributed by atoms with Crippen LogP contribution >= 0.6 is 15.9 Å². The first kappa shape index (κ1) is 14.6. The highest BCUT2D eigenvalue weighted by Crippen LogP contribution is 2.30. The molecule has 0 radical (unpaired) electrons. The Labute approximate surface area is 127 Å². The van der Waals surface area contributed by atoms with E-state index in [4.69, 9.17) is 10.00 Å². The minimum Gasteiger partial charge on any atom is -0.487 e. The molecule has 0 aliphatic rings. The molecule has 0 aromatic heterocycles. The molecule has 0 saturated carbocycles. The second kappa shape index (κ2) is 7.09. The second-order valence-electron chi connectivity index (χ2n) is 4.32. The van der Waals surface area contributed by atoms with Gasteiger partial charge in [-0.3, -0.25) is 0 Å². The number of halogens is 1. The monoisotopic (exact) mass is 330 g/mol. The van der Waals surface area contributed by atoms with Gasteiger partial charge in [-0.25, -0.2) is 0 Å². The summed E-state index contributed by atoms with van der Waals surface area (Å²) in [6.45, 7) is 1.11. The molecule has 0 heterocycles. The van der Waals surface area contributed by atoms with Crippen LogP contribution in [-0.4, -0.2) is 7.05 Å². The SMILES string of the molecule is CNCc1cccc(Br)c1OCc1ccccc1C#N. The summed E-state index contributed by atoms with van der Waals surface area (Å²) < 4.78 is 6.83. The molecule has 0 unspecified atom stereocenters. The summed E-state index contributed by atoms with van der Waals surface area (Å²) in [5, 5.41) is 12.2. The first-order valence-corrected chi connectivity index (χ1v) is 7.08. The maximum absolute atomic E-state index is 9.08. The highest BCUT2D eigenvalue weighted by atomic mass is 79.9. The molecule has 2 rings (SSSR count). The van der Waals surface area contributed by atoms with Crippen molar-refractivity contribution in [1.29, 1.82) is 5.26 Å². The lowest BCUT2D eigenvalue weighted by molar-refractivity contribution is 0.300. The largest absolute Gasteiger partial charge is 0.487 e. The Kier molecular flexibility index (Phi) is 5.16. The Morgan fingerprint density at radius 1 is 1.15 bits per heavy atom. The number of para-hydroxylation sites is 1. The average Bonchev–Trinajstić information content (AvgIpc) is 2.47. The summed E-state index contributed by atoms with van der Waals surface area (Å²) in [7, 11) is 1.90. The smallest absolute Gasteiger partial charge is 0.138 e. The van der Waals surface area contributed by atoms with Crippen LogP contribution in [0.3, 0.4) is 0 Å². The van der Waals surface area contributed by atoms with E-state index < -0.39 is 0 Å². The van der Waals surface area contributed by atoms with Gasteiger partial charge in [0.1, 0.15) is 12.4 Å². The van der Waals surface area contributed by atoms with Gasteiger partial charge in [0.05, 0.1) is 16.1 Å². The molecular weight excluding hydrogens is 316 g/mol. The number of nitrogens with zero attached hydrogens (tertiary/aromatic N) is 1. The van der Waals surface area contributed by atoms with Crippen LogP contribution < -0.4 is 10.1 Å². The van der Waals surface area contributed by atoms with Gasteiger partial charge in [0.25, 0.3) is 0 Å². The number of hydrogen-bond acceptors (Lipinski definition) is 3. The van der Waals surface area contributed by atoms with Crippen LogP contribution in [-0.2, 0) is 13.2 Å². The van der Waals surface area contributed by atoms with Gasteiger partial charge in [0.2, 0.25) is 0 Å². The van der Waals surface area contributed by atoms with E-state index >= 15 is 0 Å². The Morgan fingerprint density at radius 3 is 2.65 bits per heavy atom. The summed E-state index contributed by atoms with van der Waals surface area (Å²) >= 11 is 3.51. The number of nitrogens with one attached hydrogen (secondary N) is 1. The Bertz CT molecular complexity index is 635. The standard InChI is InChI=1S/C16H15BrN2O/c1-19-10-13-7-4-8-15(17)16(13)20-11-14-6-3-2-5-12(14)9-18/h2-8,19H,10-11H2,1H3. The second-order valence-corrected chi connectivity index (χ2v) is 5.17. The fraction of sp³-hybridized carbons (Fsp3) is 0.188. The van der Waals surface area contributed by atoms with Gasteiger partial charge < -0.3 is 10.1 Å². The number of nitriles is 1. The van der Waals surface area contributed by atoms with Gasteiger partial charge in [-0.05, 0) is 35.1 Å². The molecule has 20 heavy (non-hydrogen) atoms. The molecule has 0 aliphatic carbocycles. The first-order chi connectivity index (χ1) is 9.76. The Morgan fingerprint density at radius 2 is 1.90 bits per heavy atom. The van der Waals surface area contributed by atoms with Gasteiger partial charge in [0, 0.05) is 17.7 Å². The summed E-state index contributed by atoms with van der Waals surface area (Å²) in [5.74, 6) is 0.814. The van der Waals surface area contributed by atoms with Crippen LogP contribution in [0.4, 0.5) is 0 Å². The minimum absolute atomic E-state index is 0.378. The van der Waals surface area contributed by atoms with E-state index in [2.05, 4.69) is 27.3 Å². The van der Waals surface area contributed by atoms with E-state index in [1.54, 1.807) is 6.07 Å². The van der Waals surface area contributed by atoms with E-state index in [-0.39, 0.29) is 0 Å². The third kappa shape index (κ3) is 3.38. The van der Waals surface area contributed by atoms with Crippen molar-refractivity contribution in [2.24, 2.45) is 0 Å². The first-order valence-electron chi connectivity index (χ1n) is 6.29. The third-order valence-electron chi connectivity index (χ3n) is 2.93. The van der Waals surface area contributed by atoms with Crippen LogP contribution in [0, 0.1) is 11.3 Å². The minimum atomic E-state index is 0.378. The maximum atomic E-state index is 9.08. The third-order valence-corrected chi connectivity index (χ3v) is 3.55. The van der Waals surface area contributed by atoms with Crippen LogP contribution in [0.15, 0.2) is 46.9 Å². The summed E-state index contributed by atoms with van der Waals surface area (Å²) in [5.41, 5.74) is 2.62. The molecule has 0 aliphatic heterocycles. The van der Waals surface area contributed by atoms with E-state index in [1.807, 2.05) is 43.4 Å². The molecule has 102 valence electrons. The highest BCUT2D eigenvalue weighted by molar-refractivity contribution is 9.10. The zero-order valence-electron chi connectivity index (χ0n) is 11.2. The van der Waals surface area contributed by atoms with Crippen molar-refractivity contribution >= 4 is 15.9 Å². The highest BCUT2D eigenvalue weighted by Gasteiger charge is 2.09. The topological polar surface area (TPSA) is 45.0 Å². The van der Waals surface area contributed by atoms with Gasteiger partial charge >= 0.3 is 0 Å². The quantitative estimate of drug-likeness (QED) is 0.910. The van der Waals surface area contributed by atoms with E-state index in [0.29, 0.717) is 12.2 Å². The van der Waals surface area contributed by atoms with Crippen molar-refractivity contribution in [2.75, 3.05) is 7.05 Å². The number of rotatable bonds is 5. The maximum Gasteiger partial charge on any atom is 0.138 e. The number of hydrogen-bond donors (Lipinski definition) is 1. The summed E-state index contributed by atoms with van der Waals surface area (Å²) in [6, 6.07) is 15.6. The average molecular weight is 331 g/mol. The molecule has 0 fully saturated rings. The van der Waals surface area contributed by atoms with Crippen molar-refractivity contribution in [1.82, 2.24) is 5.32 Å². The number of ether oxygens (including phenoxy) is 1. The lowest BCUT2D eigenvalue weighted by Crippen LogP contribution is -2.08. The zero-order chi connectivity index (χ0) is 14.4. The summed E-state index contributed by atoms with van der Waals surface area (Å²) in [6.07, 6.45) is 0. The lowest BCUT2D eigenvalue weighted by atomic mass is 10.1. The van der Waals surface area contributed by atoms with Gasteiger partial charge in [-0.2, -0.15) is 5.26 Å². The van der Waals surface area contributed by atoms with Crippen molar-refractivity contribution < 1.29 is 4.74 Å². The molecule has 2 aromatic carbocycles. The summed E-state index contributed by atoms with van der Waals surface area (Å²) in [4.78, 5) is 0. The molecule has 0 saturated heterocycles. The molecule has 3 nitrogen and oxygen atoms in total. The van der Waals surface area contributed by atoms with Crippen molar-refractivity contribution in [2.45, 2.75) is 13.2 Å². The van der Waals surface area contributed by atoms with Crippen molar-refractivity contribution in [3.8, 4) is 11.8 Å². The predicted octanol–water partition coefficient (Wildman–Crippen LogP) is 3.62. The van der Waals surface area contributed by atoms with Crippen LogP contribution in [0.2, 0.25) is 0 Å². The van der Waals surface area contributed by atoms with E-state index in [9.17, 15) is 0 Å². The fourth-order valence-corrected chi connectivity index (χ4v) is 2.47. The van der Waals surface area contributed by atoms with Crippen molar-refractivity contribution in [3.63, 3.8) is 0 Å². The molecule has 0 bridgehead atoms. The Balaban J connectivity index is 2.21. The zero-order valence-corrected chi connectivity index (χ0v) is 12.8. The van der Waals surface area contributed by atoms with Crippen LogP contribution in [0.1, 0.15) is 16.7 Å². The Hall–Kier alpha value is -1.83. The molecule has 1 N–H and O–H groups in total. The molecule has 0 atom stereocenters. The molecular formula is C16H15BrN2O. The van der Waals surface area contributed by atoms with Gasteiger partial charge in [-0.15, -0.1) is 0 Å². The van der Waals surface area contributed by atoms with E-state index in [0.717, 1.165) is 27.9 Å². The fourth-order valence-electron chi connectivity index (χ4n) is 1.95. The van der Waals surface area contributed by atoms with Crippen LogP contribution in [0.5, 0.6) is 5.75 Å². The number of benzene rings is 2. The van der Waals surface area contributed by atoms with Crippen LogP contribution in [0.25, 0.3) is 0 Å². The van der Waals surface area contributed by atoms with Gasteiger partial charge in [-0.1, -0.05) is 30.3 Å². The molecule has 0 spiro atoms. The van der Waals surface area contributed by atoms with Gasteiger partial charge in [0.15, 0.2) is 0 Å². The molecule has 4 heteroatoms. The predicted molar refractivity (Wildman–Crippen MR) is 82.4 cm³/mol. The molecule has 2 aromatic rings. The van der Waals surface area contributed by atoms with Crippen molar-refractivity contribution in [3.05, 3.63) is 63.6 Å². The van der Waals surface area contributed by atoms with E-state index in [1.165, 1.54) is 0 Å². The lowest BCUT2D eigenvalue weighted by Gasteiger charge is -2.13.